The summed E-state index contributed by atoms with van der Waals surface area (Å²) in [7, 11) is 0.242. The number of anilines is 3. The van der Waals surface area contributed by atoms with Crippen LogP contribution in [0, 0.1) is 18.3 Å². The fourth-order valence-corrected chi connectivity index (χ4v) is 12.9. The summed E-state index contributed by atoms with van der Waals surface area (Å²) in [5.41, 5.74) is 4.01. The van der Waals surface area contributed by atoms with E-state index in [-0.39, 0.29) is 65.0 Å². The van der Waals surface area contributed by atoms with Crippen molar-refractivity contribution in [3.05, 3.63) is 80.1 Å². The predicted octanol–water partition coefficient (Wildman–Crippen LogP) is 6.60. The first-order valence-electron chi connectivity index (χ1n) is 23.2. The molecule has 2 aliphatic carbocycles. The first-order valence-corrected chi connectivity index (χ1v) is 24.7. The van der Waals surface area contributed by atoms with Gasteiger partial charge in [-0.25, -0.2) is 27.1 Å². The molecule has 19 heteroatoms. The second-order valence-electron chi connectivity index (χ2n) is 19.0. The molecule has 3 saturated heterocycles. The van der Waals surface area contributed by atoms with Gasteiger partial charge >= 0.3 is 5.69 Å². The molecule has 15 nitrogen and oxygen atoms in total. The summed E-state index contributed by atoms with van der Waals surface area (Å²) in [6, 6.07) is 12.1. The number of aryl methyl sites for hydroxylation is 2. The Kier molecular flexibility index (Phi) is 12.1. The third kappa shape index (κ3) is 8.36. The van der Waals surface area contributed by atoms with E-state index in [1.807, 2.05) is 52.5 Å². The van der Waals surface area contributed by atoms with Crippen molar-refractivity contribution in [2.45, 2.75) is 107 Å². The quantitative estimate of drug-likeness (QED) is 0.131. The van der Waals surface area contributed by atoms with Crippen LogP contribution >= 0.6 is 11.6 Å². The zero-order valence-electron chi connectivity index (χ0n) is 37.2. The van der Waals surface area contributed by atoms with E-state index in [1.165, 1.54) is 4.57 Å². The molecule has 0 bridgehead atoms. The Morgan fingerprint density at radius 2 is 1.74 bits per heavy atom. The summed E-state index contributed by atoms with van der Waals surface area (Å²) in [6.07, 6.45) is 7.77. The number of halogens is 3. The van der Waals surface area contributed by atoms with E-state index in [0.29, 0.717) is 73.0 Å². The third-order valence-corrected chi connectivity index (χ3v) is 16.8. The lowest BCUT2D eigenvalue weighted by Crippen LogP contribution is -2.49. The number of carbonyl (C=O) groups is 2. The van der Waals surface area contributed by atoms with Gasteiger partial charge < -0.3 is 10.2 Å². The normalized spacial score (nSPS) is 22.3. The number of piperidine rings is 3. The van der Waals surface area contributed by atoms with Crippen LogP contribution in [0.2, 0.25) is 5.02 Å². The number of fused-ring (bicyclic) bond motifs is 2. The van der Waals surface area contributed by atoms with Crippen molar-refractivity contribution >= 4 is 73.8 Å². The largest absolute Gasteiger partial charge is 0.370 e. The van der Waals surface area contributed by atoms with Gasteiger partial charge in [0.25, 0.3) is 12.0 Å². The summed E-state index contributed by atoms with van der Waals surface area (Å²) in [4.78, 5) is 65.7. The van der Waals surface area contributed by atoms with Crippen LogP contribution in [-0.4, -0.2) is 101 Å². The molecular weight excluding hydrogens is 890 g/mol. The molecule has 10 rings (SSSR count). The van der Waals surface area contributed by atoms with Gasteiger partial charge in [0.2, 0.25) is 17.8 Å². The van der Waals surface area contributed by atoms with E-state index in [0.717, 1.165) is 67.4 Å². The second-order valence-corrected chi connectivity index (χ2v) is 20.9. The van der Waals surface area contributed by atoms with Gasteiger partial charge in [0.05, 0.1) is 28.2 Å². The van der Waals surface area contributed by atoms with Crippen molar-refractivity contribution in [2.24, 2.45) is 18.4 Å². The number of imide groups is 1. The maximum Gasteiger partial charge on any atom is 0.329 e. The van der Waals surface area contributed by atoms with Gasteiger partial charge in [-0.3, -0.25) is 38.3 Å². The molecular formula is C47H55ClF2N10O5S. The van der Waals surface area contributed by atoms with E-state index < -0.39 is 29.4 Å². The van der Waals surface area contributed by atoms with Crippen molar-refractivity contribution in [3.8, 4) is 0 Å². The van der Waals surface area contributed by atoms with Gasteiger partial charge in [-0.15, -0.1) is 0 Å². The summed E-state index contributed by atoms with van der Waals surface area (Å²) in [5, 5.41) is 6.56. The third-order valence-electron chi connectivity index (χ3n) is 15.0. The molecule has 3 aliphatic heterocycles. The highest BCUT2D eigenvalue weighted by Crippen LogP contribution is 2.63. The van der Waals surface area contributed by atoms with E-state index in [9.17, 15) is 32.2 Å². The summed E-state index contributed by atoms with van der Waals surface area (Å²) < 4.78 is 49.0. The first-order chi connectivity index (χ1) is 31.8. The van der Waals surface area contributed by atoms with E-state index >= 15 is 0 Å². The maximum atomic E-state index is 14.1. The van der Waals surface area contributed by atoms with Gasteiger partial charge in [-0.1, -0.05) is 24.1 Å². The Balaban J connectivity index is 0.765. The first kappa shape index (κ1) is 44.8. The molecule has 1 spiro atoms. The molecule has 66 heavy (non-hydrogen) atoms. The minimum atomic E-state index is -2.48. The minimum Gasteiger partial charge on any atom is -0.370 e. The number of hydrogen-bond acceptors (Lipinski definition) is 10. The van der Waals surface area contributed by atoms with Crippen molar-refractivity contribution in [1.82, 2.24) is 38.2 Å². The topological polar surface area (TPSA) is 160 Å². The highest BCUT2D eigenvalue weighted by atomic mass is 35.5. The number of nitrogens with one attached hydrogen (secondary N) is 2. The summed E-state index contributed by atoms with van der Waals surface area (Å²) in [6.45, 7) is 4.54. The van der Waals surface area contributed by atoms with Gasteiger partial charge in [-0.05, 0) is 118 Å². The SMILES string of the molecule is Cc1cc(S(=O)N2CCC(N(CC(F)F)CC3CCN(c4cccc5c4n(C)c(=O)n5C4CCC(=O)NC4=O)CC3)CC2)ccc1Nc1ncc2cc(Cl)c(=O)n(C3CCCC34CC4)c2n1. The number of carbonyl (C=O) groups excluding carboxylic acids is 2. The predicted molar refractivity (Wildman–Crippen MR) is 250 cm³/mol. The lowest BCUT2D eigenvalue weighted by Gasteiger charge is -2.41. The second kappa shape index (κ2) is 17.9. The summed E-state index contributed by atoms with van der Waals surface area (Å²) >= 11 is 6.42. The van der Waals surface area contributed by atoms with Crippen molar-refractivity contribution in [2.75, 3.05) is 49.5 Å². The van der Waals surface area contributed by atoms with Gasteiger partial charge in [0.15, 0.2) is 0 Å². The molecule has 2 N–H and O–H groups in total. The van der Waals surface area contributed by atoms with E-state index in [1.54, 1.807) is 28.4 Å². The fraction of sp³-hybridized carbons (Fsp3) is 0.532. The Hall–Kier alpha value is -5.04. The van der Waals surface area contributed by atoms with Crippen LogP contribution in [0.15, 0.2) is 63.1 Å². The minimum absolute atomic E-state index is 0.0632. The molecule has 3 atom stereocenters. The fourth-order valence-electron chi connectivity index (χ4n) is 11.4. The number of hydrogen-bond donors (Lipinski definition) is 2. The number of para-hydroxylation sites is 1. The molecule has 2 aromatic carbocycles. The van der Waals surface area contributed by atoms with Gasteiger partial charge in [-0.2, -0.15) is 4.98 Å². The van der Waals surface area contributed by atoms with Crippen LogP contribution in [0.1, 0.15) is 88.3 Å². The van der Waals surface area contributed by atoms with Crippen molar-refractivity contribution in [3.63, 3.8) is 0 Å². The molecule has 3 aromatic heterocycles. The van der Waals surface area contributed by atoms with Crippen molar-refractivity contribution in [1.29, 1.82) is 0 Å². The number of benzene rings is 2. The van der Waals surface area contributed by atoms with Crippen LogP contribution < -0.4 is 26.8 Å². The van der Waals surface area contributed by atoms with Crippen LogP contribution in [0.25, 0.3) is 22.1 Å². The molecule has 2 amide bonds. The van der Waals surface area contributed by atoms with Crippen LogP contribution in [0.4, 0.5) is 26.1 Å². The molecule has 3 unspecified atom stereocenters. The molecule has 5 aliphatic rings. The maximum absolute atomic E-state index is 14.1. The smallest absolute Gasteiger partial charge is 0.329 e. The number of nitrogens with zero attached hydrogens (tertiary/aromatic N) is 8. The monoisotopic (exact) mass is 944 g/mol. The zero-order valence-corrected chi connectivity index (χ0v) is 38.8. The van der Waals surface area contributed by atoms with Crippen molar-refractivity contribution < 1.29 is 22.6 Å². The molecule has 2 saturated carbocycles. The van der Waals surface area contributed by atoms with E-state index in [4.69, 9.17) is 16.6 Å². The van der Waals surface area contributed by atoms with Crippen LogP contribution in [0.5, 0.6) is 0 Å². The molecule has 6 heterocycles. The number of rotatable bonds is 12. The molecule has 0 radical (unpaired) electrons. The number of pyridine rings is 1. The Labute approximate surface area is 388 Å². The average Bonchev–Trinajstić information content (AvgIpc) is 3.91. The Bertz CT molecular complexity index is 2870. The van der Waals surface area contributed by atoms with Gasteiger partial charge in [0.1, 0.15) is 27.7 Å². The number of aromatic nitrogens is 5. The molecule has 5 fully saturated rings. The number of amides is 2. The van der Waals surface area contributed by atoms with E-state index in [2.05, 4.69) is 20.5 Å². The van der Waals surface area contributed by atoms with Crippen LogP contribution in [0.3, 0.4) is 0 Å². The standard InChI is InChI=1S/C47H55ClF2N10O5S/c1-28-23-32(8-9-34(28)52-45-51-25-30-24-33(48)44(63)60(42(30)54-45)38-7-4-16-47(38)17-18-47)66(65)58-21-14-31(15-22-58)57(27-39(49)50)26-29-12-19-56(20-13-29)35-5-3-6-36-41(35)55(2)46(64)59(36)37-10-11-40(61)53-43(37)62/h3,5-6,8-9,23-25,29,31,37-39H,4,7,10-22,26-27H2,1-2H3,(H,51,52,54)(H,53,61,62). The average molecular weight is 946 g/mol. The highest BCUT2D eigenvalue weighted by molar-refractivity contribution is 7.82. The number of alkyl halides is 2. The molecule has 5 aromatic rings. The van der Waals surface area contributed by atoms with Crippen LogP contribution in [-0.2, 0) is 27.6 Å². The van der Waals surface area contributed by atoms with Gasteiger partial charge in [0, 0.05) is 75.5 Å². The molecule has 350 valence electrons. The lowest BCUT2D eigenvalue weighted by molar-refractivity contribution is -0.135. The highest BCUT2D eigenvalue weighted by Gasteiger charge is 2.53. The lowest BCUT2D eigenvalue weighted by atomic mass is 9.94. The summed E-state index contributed by atoms with van der Waals surface area (Å²) in [5.74, 6) is -0.270. The Morgan fingerprint density at radius 3 is 2.45 bits per heavy atom. The Morgan fingerprint density at radius 1 is 0.970 bits per heavy atom. The zero-order chi connectivity index (χ0) is 46.0. The number of imidazole rings is 1.